The molecule has 1 aromatic carbocycles. The predicted molar refractivity (Wildman–Crippen MR) is 87.1 cm³/mol. The van der Waals surface area contributed by atoms with Crippen molar-refractivity contribution in [1.29, 1.82) is 0 Å². The van der Waals surface area contributed by atoms with E-state index in [0.717, 1.165) is 40.0 Å². The SMILES string of the molecule is CCCn1ncc(OC)c1C(NN)c1ccc(Br)cc1C. The van der Waals surface area contributed by atoms with E-state index in [0.29, 0.717) is 0 Å². The van der Waals surface area contributed by atoms with Gasteiger partial charge in [0.2, 0.25) is 0 Å². The fourth-order valence-corrected chi connectivity index (χ4v) is 2.97. The van der Waals surface area contributed by atoms with Crippen molar-refractivity contribution in [2.45, 2.75) is 32.9 Å². The first-order valence-corrected chi connectivity index (χ1v) is 7.73. The van der Waals surface area contributed by atoms with Crippen LogP contribution in [0.25, 0.3) is 0 Å². The van der Waals surface area contributed by atoms with Crippen molar-refractivity contribution in [3.63, 3.8) is 0 Å². The number of hydrazine groups is 1. The van der Waals surface area contributed by atoms with Crippen LogP contribution in [0.4, 0.5) is 0 Å². The summed E-state index contributed by atoms with van der Waals surface area (Å²) in [7, 11) is 1.65. The maximum Gasteiger partial charge on any atom is 0.161 e. The van der Waals surface area contributed by atoms with Crippen LogP contribution in [0.15, 0.2) is 28.9 Å². The van der Waals surface area contributed by atoms with E-state index in [-0.39, 0.29) is 6.04 Å². The maximum atomic E-state index is 5.83. The Balaban J connectivity index is 2.52. The molecular weight excluding hydrogens is 332 g/mol. The molecule has 0 aliphatic heterocycles. The summed E-state index contributed by atoms with van der Waals surface area (Å²) in [6.45, 7) is 5.01. The number of rotatable bonds is 6. The van der Waals surface area contributed by atoms with Gasteiger partial charge in [-0.25, -0.2) is 5.43 Å². The second-order valence-electron chi connectivity index (χ2n) is 4.92. The van der Waals surface area contributed by atoms with Gasteiger partial charge in [0.25, 0.3) is 0 Å². The lowest BCUT2D eigenvalue weighted by atomic mass is 9.99. The summed E-state index contributed by atoms with van der Waals surface area (Å²) in [4.78, 5) is 0. The van der Waals surface area contributed by atoms with Crippen molar-refractivity contribution in [2.75, 3.05) is 7.11 Å². The average molecular weight is 353 g/mol. The number of aryl methyl sites for hydroxylation is 2. The molecular formula is C15H21BrN4O. The van der Waals surface area contributed by atoms with Crippen LogP contribution in [0.1, 0.15) is 36.2 Å². The summed E-state index contributed by atoms with van der Waals surface area (Å²) in [6.07, 6.45) is 2.73. The highest BCUT2D eigenvalue weighted by Gasteiger charge is 2.23. The van der Waals surface area contributed by atoms with Gasteiger partial charge in [-0.2, -0.15) is 5.10 Å². The second-order valence-corrected chi connectivity index (χ2v) is 5.84. The number of ether oxygens (including phenoxy) is 1. The Morgan fingerprint density at radius 1 is 1.48 bits per heavy atom. The first-order chi connectivity index (χ1) is 10.1. The zero-order chi connectivity index (χ0) is 15.4. The lowest BCUT2D eigenvalue weighted by molar-refractivity contribution is 0.398. The summed E-state index contributed by atoms with van der Waals surface area (Å²) < 4.78 is 8.45. The summed E-state index contributed by atoms with van der Waals surface area (Å²) in [5.41, 5.74) is 6.11. The molecule has 1 atom stereocenters. The molecule has 21 heavy (non-hydrogen) atoms. The monoisotopic (exact) mass is 352 g/mol. The Labute approximate surface area is 133 Å². The minimum absolute atomic E-state index is 0.165. The molecule has 0 aliphatic rings. The molecule has 2 rings (SSSR count). The third-order valence-corrected chi connectivity index (χ3v) is 3.98. The Bertz CT molecular complexity index is 612. The summed E-state index contributed by atoms with van der Waals surface area (Å²) in [5.74, 6) is 6.58. The number of hydrogen-bond donors (Lipinski definition) is 2. The summed E-state index contributed by atoms with van der Waals surface area (Å²) >= 11 is 3.49. The van der Waals surface area contributed by atoms with Crippen LogP contribution in [0, 0.1) is 6.92 Å². The number of nitrogens with zero attached hydrogens (tertiary/aromatic N) is 2. The Morgan fingerprint density at radius 2 is 2.24 bits per heavy atom. The van der Waals surface area contributed by atoms with Gasteiger partial charge in [-0.1, -0.05) is 28.9 Å². The minimum Gasteiger partial charge on any atom is -0.493 e. The normalized spacial score (nSPS) is 12.4. The first-order valence-electron chi connectivity index (χ1n) is 6.94. The fraction of sp³-hybridized carbons (Fsp3) is 0.400. The van der Waals surface area contributed by atoms with E-state index in [1.54, 1.807) is 13.3 Å². The molecule has 0 spiro atoms. The van der Waals surface area contributed by atoms with Crippen molar-refractivity contribution in [3.05, 3.63) is 45.7 Å². The lowest BCUT2D eigenvalue weighted by Crippen LogP contribution is -2.31. The van der Waals surface area contributed by atoms with Crippen LogP contribution in [-0.2, 0) is 6.54 Å². The molecule has 3 N–H and O–H groups in total. The predicted octanol–water partition coefficient (Wildman–Crippen LogP) is 2.93. The van der Waals surface area contributed by atoms with Crippen molar-refractivity contribution < 1.29 is 4.74 Å². The van der Waals surface area contributed by atoms with Gasteiger partial charge in [-0.15, -0.1) is 0 Å². The van der Waals surface area contributed by atoms with Gasteiger partial charge in [-0.3, -0.25) is 10.5 Å². The lowest BCUT2D eigenvalue weighted by Gasteiger charge is -2.21. The molecule has 0 fully saturated rings. The van der Waals surface area contributed by atoms with Gasteiger partial charge < -0.3 is 4.74 Å². The van der Waals surface area contributed by atoms with Crippen LogP contribution >= 0.6 is 15.9 Å². The van der Waals surface area contributed by atoms with Crippen molar-refractivity contribution >= 4 is 15.9 Å². The van der Waals surface area contributed by atoms with Crippen LogP contribution in [0.5, 0.6) is 5.75 Å². The molecule has 0 saturated heterocycles. The third-order valence-electron chi connectivity index (χ3n) is 3.48. The first kappa shape index (κ1) is 16.0. The van der Waals surface area contributed by atoms with Gasteiger partial charge in [0.1, 0.15) is 5.69 Å². The zero-order valence-corrected chi connectivity index (χ0v) is 14.1. The number of methoxy groups -OCH3 is 1. The van der Waals surface area contributed by atoms with Gasteiger partial charge in [-0.05, 0) is 36.6 Å². The summed E-state index contributed by atoms with van der Waals surface area (Å²) in [6, 6.07) is 5.99. The van der Waals surface area contributed by atoms with Gasteiger partial charge in [0.05, 0.1) is 19.3 Å². The molecule has 0 aliphatic carbocycles. The highest BCUT2D eigenvalue weighted by atomic mass is 79.9. The van der Waals surface area contributed by atoms with E-state index >= 15 is 0 Å². The Kier molecular flexibility index (Phi) is 5.39. The van der Waals surface area contributed by atoms with E-state index in [1.807, 2.05) is 10.7 Å². The maximum absolute atomic E-state index is 5.83. The highest BCUT2D eigenvalue weighted by Crippen LogP contribution is 2.32. The zero-order valence-electron chi connectivity index (χ0n) is 12.6. The molecule has 2 aromatic rings. The van der Waals surface area contributed by atoms with E-state index in [1.165, 1.54) is 0 Å². The average Bonchev–Trinajstić information content (AvgIpc) is 2.85. The van der Waals surface area contributed by atoms with Crippen LogP contribution in [0.2, 0.25) is 0 Å². The molecule has 0 radical (unpaired) electrons. The standard InChI is InChI=1S/C15H21BrN4O/c1-4-7-20-15(13(21-3)9-18-20)14(19-17)12-6-5-11(16)8-10(12)2/h5-6,8-9,14,19H,4,7,17H2,1-3H3. The van der Waals surface area contributed by atoms with E-state index in [9.17, 15) is 0 Å². The molecule has 1 aromatic heterocycles. The molecule has 0 saturated carbocycles. The molecule has 114 valence electrons. The van der Waals surface area contributed by atoms with E-state index < -0.39 is 0 Å². The molecule has 1 heterocycles. The van der Waals surface area contributed by atoms with Crippen LogP contribution in [-0.4, -0.2) is 16.9 Å². The van der Waals surface area contributed by atoms with Crippen molar-refractivity contribution in [3.8, 4) is 5.75 Å². The van der Waals surface area contributed by atoms with Crippen LogP contribution in [0.3, 0.4) is 0 Å². The Hall–Kier alpha value is -1.37. The van der Waals surface area contributed by atoms with Crippen LogP contribution < -0.4 is 16.0 Å². The molecule has 6 heteroatoms. The highest BCUT2D eigenvalue weighted by molar-refractivity contribution is 9.10. The second kappa shape index (κ2) is 7.06. The molecule has 0 amide bonds. The van der Waals surface area contributed by atoms with Crippen molar-refractivity contribution in [2.24, 2.45) is 5.84 Å². The van der Waals surface area contributed by atoms with Gasteiger partial charge in [0.15, 0.2) is 5.75 Å². The number of aromatic nitrogens is 2. The summed E-state index contributed by atoms with van der Waals surface area (Å²) in [5, 5.41) is 4.41. The largest absolute Gasteiger partial charge is 0.493 e. The number of halogens is 1. The number of nitrogens with one attached hydrogen (secondary N) is 1. The fourth-order valence-electron chi connectivity index (χ4n) is 2.50. The van der Waals surface area contributed by atoms with Gasteiger partial charge in [0, 0.05) is 11.0 Å². The third kappa shape index (κ3) is 3.28. The van der Waals surface area contributed by atoms with E-state index in [4.69, 9.17) is 10.6 Å². The molecule has 1 unspecified atom stereocenters. The van der Waals surface area contributed by atoms with E-state index in [2.05, 4.69) is 52.4 Å². The number of nitrogens with two attached hydrogens (primary N) is 1. The quantitative estimate of drug-likeness (QED) is 0.619. The van der Waals surface area contributed by atoms with Crippen molar-refractivity contribution in [1.82, 2.24) is 15.2 Å². The number of hydrogen-bond acceptors (Lipinski definition) is 4. The molecule has 5 nitrogen and oxygen atoms in total. The number of benzene rings is 1. The Morgan fingerprint density at radius 3 is 2.81 bits per heavy atom. The molecule has 0 bridgehead atoms. The van der Waals surface area contributed by atoms with Gasteiger partial charge >= 0.3 is 0 Å². The minimum atomic E-state index is -0.165. The smallest absolute Gasteiger partial charge is 0.161 e. The topological polar surface area (TPSA) is 65.1 Å².